The van der Waals surface area contributed by atoms with Crippen LogP contribution in [0.15, 0.2) is 6.07 Å². The van der Waals surface area contributed by atoms with E-state index in [1.165, 1.54) is 11.4 Å². The maximum atomic E-state index is 4.62. The molecule has 3 nitrogen and oxygen atoms in total. The van der Waals surface area contributed by atoms with Crippen molar-refractivity contribution in [2.45, 2.75) is 67.0 Å². The molecule has 0 aliphatic carbocycles. The van der Waals surface area contributed by atoms with Crippen molar-refractivity contribution in [3.63, 3.8) is 0 Å². The second-order valence-electron chi connectivity index (χ2n) is 6.17. The summed E-state index contributed by atoms with van der Waals surface area (Å²) in [4.78, 5) is 0. The molecule has 0 atom stereocenters. The lowest BCUT2D eigenvalue weighted by Gasteiger charge is -2.26. The highest BCUT2D eigenvalue weighted by atomic mass is 15.3. The Bertz CT molecular complexity index is 364. The normalized spacial score (nSPS) is 12.4. The smallest absolute Gasteiger partial charge is 0.0624 e. The van der Waals surface area contributed by atoms with Crippen LogP contribution in [0.4, 0.5) is 0 Å². The average molecular weight is 251 g/mol. The molecule has 1 heterocycles. The van der Waals surface area contributed by atoms with E-state index in [9.17, 15) is 0 Å². The van der Waals surface area contributed by atoms with Gasteiger partial charge < -0.3 is 5.32 Å². The molecule has 0 saturated carbocycles. The highest BCUT2D eigenvalue weighted by Gasteiger charge is 2.21. The van der Waals surface area contributed by atoms with E-state index >= 15 is 0 Å². The summed E-state index contributed by atoms with van der Waals surface area (Å²) in [5.41, 5.74) is 2.84. The van der Waals surface area contributed by atoms with Crippen molar-refractivity contribution in [3.8, 4) is 0 Å². The minimum atomic E-state index is 0.266. The van der Waals surface area contributed by atoms with Crippen LogP contribution in [0.2, 0.25) is 0 Å². The van der Waals surface area contributed by atoms with Crippen LogP contribution in [-0.4, -0.2) is 22.4 Å². The van der Waals surface area contributed by atoms with Gasteiger partial charge in [0.2, 0.25) is 0 Å². The Morgan fingerprint density at radius 3 is 2.50 bits per heavy atom. The fraction of sp³-hybridized carbons (Fsp3) is 0.800. The molecule has 0 bridgehead atoms. The topological polar surface area (TPSA) is 29.9 Å². The molecule has 0 fully saturated rings. The van der Waals surface area contributed by atoms with Gasteiger partial charge in [0, 0.05) is 24.8 Å². The molecule has 18 heavy (non-hydrogen) atoms. The van der Waals surface area contributed by atoms with E-state index < -0.39 is 0 Å². The number of aromatic nitrogens is 2. The second-order valence-corrected chi connectivity index (χ2v) is 6.17. The van der Waals surface area contributed by atoms with Crippen molar-refractivity contribution in [2.24, 2.45) is 5.41 Å². The third kappa shape index (κ3) is 4.45. The van der Waals surface area contributed by atoms with Gasteiger partial charge in [-0.1, -0.05) is 34.6 Å². The van der Waals surface area contributed by atoms with Crippen LogP contribution in [0.25, 0.3) is 0 Å². The van der Waals surface area contributed by atoms with Crippen molar-refractivity contribution < 1.29 is 0 Å². The number of aryl methyl sites for hydroxylation is 2. The summed E-state index contributed by atoms with van der Waals surface area (Å²) in [5.74, 6) is 0. The molecule has 1 rings (SSSR count). The Hall–Kier alpha value is -0.830. The Morgan fingerprint density at radius 1 is 1.33 bits per heavy atom. The van der Waals surface area contributed by atoms with Gasteiger partial charge >= 0.3 is 0 Å². The van der Waals surface area contributed by atoms with Gasteiger partial charge in [-0.15, -0.1) is 0 Å². The molecule has 0 amide bonds. The van der Waals surface area contributed by atoms with E-state index in [4.69, 9.17) is 0 Å². The fourth-order valence-electron chi connectivity index (χ4n) is 2.14. The zero-order valence-corrected chi connectivity index (χ0v) is 12.9. The van der Waals surface area contributed by atoms with Gasteiger partial charge in [-0.05, 0) is 31.2 Å². The minimum Gasteiger partial charge on any atom is -0.314 e. The van der Waals surface area contributed by atoms with Gasteiger partial charge in [0.05, 0.1) is 5.69 Å². The average Bonchev–Trinajstić information content (AvgIpc) is 2.68. The van der Waals surface area contributed by atoms with E-state index in [-0.39, 0.29) is 5.41 Å². The molecule has 0 unspecified atom stereocenters. The second kappa shape index (κ2) is 6.37. The summed E-state index contributed by atoms with van der Waals surface area (Å²) in [5, 5.41) is 8.16. The lowest BCUT2D eigenvalue weighted by Crippen LogP contribution is -2.35. The van der Waals surface area contributed by atoms with Gasteiger partial charge in [-0.25, -0.2) is 0 Å². The third-order valence-electron chi connectivity index (χ3n) is 3.22. The Kier molecular flexibility index (Phi) is 5.39. The summed E-state index contributed by atoms with van der Waals surface area (Å²) >= 11 is 0. The molecule has 1 aromatic heterocycles. The van der Waals surface area contributed by atoms with Crippen molar-refractivity contribution in [1.82, 2.24) is 15.1 Å². The summed E-state index contributed by atoms with van der Waals surface area (Å²) in [7, 11) is 0. The Morgan fingerprint density at radius 2 is 2.00 bits per heavy atom. The molecule has 3 heteroatoms. The molecule has 0 spiro atoms. The summed E-state index contributed by atoms with van der Waals surface area (Å²) in [6, 6.07) is 2.81. The number of rotatable bonds is 7. The van der Waals surface area contributed by atoms with E-state index in [1.807, 2.05) is 0 Å². The molecule has 0 aliphatic rings. The highest BCUT2D eigenvalue weighted by Crippen LogP contribution is 2.22. The standard InChI is InChI=1S/C15H29N3/c1-7-13-9-14(18(8-2)17-13)10-15(5,6)11-16-12(3)4/h9,12,16H,7-8,10-11H2,1-6H3. The zero-order chi connectivity index (χ0) is 13.8. The Balaban J connectivity index is 2.72. The maximum Gasteiger partial charge on any atom is 0.0624 e. The number of nitrogens with one attached hydrogen (secondary N) is 1. The molecule has 0 saturated heterocycles. The van der Waals surface area contributed by atoms with Gasteiger partial charge in [0.25, 0.3) is 0 Å². The molecule has 1 aromatic rings. The van der Waals surface area contributed by atoms with Gasteiger partial charge in [-0.2, -0.15) is 5.10 Å². The van der Waals surface area contributed by atoms with Crippen LogP contribution < -0.4 is 5.32 Å². The fourth-order valence-corrected chi connectivity index (χ4v) is 2.14. The predicted molar refractivity (Wildman–Crippen MR) is 77.9 cm³/mol. The maximum absolute atomic E-state index is 4.62. The van der Waals surface area contributed by atoms with Crippen molar-refractivity contribution in [2.75, 3.05) is 6.54 Å². The Labute approximate surface area is 112 Å². The zero-order valence-electron chi connectivity index (χ0n) is 12.9. The summed E-state index contributed by atoms with van der Waals surface area (Å²) < 4.78 is 2.15. The van der Waals surface area contributed by atoms with Crippen LogP contribution >= 0.6 is 0 Å². The van der Waals surface area contributed by atoms with Gasteiger partial charge in [0.1, 0.15) is 0 Å². The molecular weight excluding hydrogens is 222 g/mol. The first-order valence-electron chi connectivity index (χ1n) is 7.17. The van der Waals surface area contributed by atoms with Crippen molar-refractivity contribution in [1.29, 1.82) is 0 Å². The van der Waals surface area contributed by atoms with Gasteiger partial charge in [-0.3, -0.25) is 4.68 Å². The van der Waals surface area contributed by atoms with Gasteiger partial charge in [0.15, 0.2) is 0 Å². The third-order valence-corrected chi connectivity index (χ3v) is 3.22. The number of nitrogens with zero attached hydrogens (tertiary/aromatic N) is 2. The predicted octanol–water partition coefficient (Wildman–Crippen LogP) is 3.03. The monoisotopic (exact) mass is 251 g/mol. The van der Waals surface area contributed by atoms with E-state index in [1.54, 1.807) is 0 Å². The lowest BCUT2D eigenvalue weighted by molar-refractivity contribution is 0.317. The van der Waals surface area contributed by atoms with E-state index in [2.05, 4.69) is 62.7 Å². The van der Waals surface area contributed by atoms with Crippen LogP contribution in [0.1, 0.15) is 52.9 Å². The molecule has 0 radical (unpaired) electrons. The van der Waals surface area contributed by atoms with Crippen LogP contribution in [-0.2, 0) is 19.4 Å². The molecule has 104 valence electrons. The summed E-state index contributed by atoms with van der Waals surface area (Å²) in [6.45, 7) is 15.4. The van der Waals surface area contributed by atoms with Crippen LogP contribution in [0, 0.1) is 5.41 Å². The molecule has 0 aromatic carbocycles. The largest absolute Gasteiger partial charge is 0.314 e. The number of hydrogen-bond donors (Lipinski definition) is 1. The van der Waals surface area contributed by atoms with Crippen molar-refractivity contribution >= 4 is 0 Å². The number of hydrogen-bond acceptors (Lipinski definition) is 2. The summed E-state index contributed by atoms with van der Waals surface area (Å²) in [6.07, 6.45) is 2.10. The highest BCUT2D eigenvalue weighted by molar-refractivity contribution is 5.12. The quantitative estimate of drug-likeness (QED) is 0.807. The first kappa shape index (κ1) is 15.2. The SMILES string of the molecule is CCc1cc(CC(C)(C)CNC(C)C)n(CC)n1. The van der Waals surface area contributed by atoms with E-state index in [0.29, 0.717) is 6.04 Å². The molecular formula is C15H29N3. The first-order valence-corrected chi connectivity index (χ1v) is 7.17. The van der Waals surface area contributed by atoms with Crippen LogP contribution in [0.5, 0.6) is 0 Å². The molecule has 1 N–H and O–H groups in total. The minimum absolute atomic E-state index is 0.266. The van der Waals surface area contributed by atoms with E-state index in [0.717, 1.165) is 25.9 Å². The van der Waals surface area contributed by atoms with Crippen molar-refractivity contribution in [3.05, 3.63) is 17.5 Å². The van der Waals surface area contributed by atoms with Crippen LogP contribution in [0.3, 0.4) is 0 Å². The first-order chi connectivity index (χ1) is 8.38. The molecule has 0 aliphatic heterocycles. The lowest BCUT2D eigenvalue weighted by atomic mass is 9.87.